The molecule has 0 fully saturated rings. The van der Waals surface area contributed by atoms with Gasteiger partial charge in [-0.25, -0.2) is 14.4 Å². The predicted octanol–water partition coefficient (Wildman–Crippen LogP) is 3.34. The van der Waals surface area contributed by atoms with E-state index in [0.717, 1.165) is 12.1 Å². The van der Waals surface area contributed by atoms with Crippen molar-refractivity contribution in [1.29, 1.82) is 0 Å². The van der Waals surface area contributed by atoms with Crippen LogP contribution in [0.5, 0.6) is 0 Å². The van der Waals surface area contributed by atoms with Gasteiger partial charge >= 0.3 is 0 Å². The SMILES string of the molecule is Cc1c(F)ccc([N+](=O)[O-])c1Nc1ncc(Br)cn1. The summed E-state index contributed by atoms with van der Waals surface area (Å²) in [7, 11) is 0. The van der Waals surface area contributed by atoms with Crippen molar-refractivity contribution >= 4 is 33.3 Å². The molecule has 0 bridgehead atoms. The van der Waals surface area contributed by atoms with E-state index in [-0.39, 0.29) is 22.9 Å². The minimum atomic E-state index is -0.590. The number of nitrogens with one attached hydrogen (secondary N) is 1. The third kappa shape index (κ3) is 2.84. The molecule has 6 nitrogen and oxygen atoms in total. The molecule has 0 atom stereocenters. The van der Waals surface area contributed by atoms with Crippen LogP contribution in [0.2, 0.25) is 0 Å². The summed E-state index contributed by atoms with van der Waals surface area (Å²) < 4.78 is 14.1. The molecule has 0 aliphatic rings. The molecule has 0 aliphatic heterocycles. The van der Waals surface area contributed by atoms with E-state index < -0.39 is 10.7 Å². The Bertz CT molecular complexity index is 633. The molecule has 0 amide bonds. The molecule has 0 saturated carbocycles. The summed E-state index contributed by atoms with van der Waals surface area (Å²) >= 11 is 3.17. The van der Waals surface area contributed by atoms with E-state index in [4.69, 9.17) is 0 Å². The number of hydrogen-bond donors (Lipinski definition) is 1. The Labute approximate surface area is 116 Å². The third-order valence-electron chi connectivity index (χ3n) is 2.43. The van der Waals surface area contributed by atoms with Gasteiger partial charge in [-0.3, -0.25) is 10.1 Å². The third-order valence-corrected chi connectivity index (χ3v) is 2.84. The van der Waals surface area contributed by atoms with Crippen LogP contribution < -0.4 is 5.32 Å². The normalized spacial score (nSPS) is 10.3. The number of nitro benzene ring substituents is 1. The average Bonchev–Trinajstić information content (AvgIpc) is 2.37. The van der Waals surface area contributed by atoms with Crippen LogP contribution in [-0.2, 0) is 0 Å². The first kappa shape index (κ1) is 13.3. The molecule has 0 saturated heterocycles. The number of nitro groups is 1. The summed E-state index contributed by atoms with van der Waals surface area (Å²) in [4.78, 5) is 18.2. The van der Waals surface area contributed by atoms with Gasteiger partial charge in [0, 0.05) is 24.0 Å². The molecule has 0 radical (unpaired) electrons. The first-order valence-corrected chi connectivity index (χ1v) is 5.96. The van der Waals surface area contributed by atoms with Gasteiger partial charge in [0.25, 0.3) is 5.69 Å². The van der Waals surface area contributed by atoms with Crippen molar-refractivity contribution in [2.75, 3.05) is 5.32 Å². The van der Waals surface area contributed by atoms with Crippen LogP contribution in [-0.4, -0.2) is 14.9 Å². The maximum absolute atomic E-state index is 13.5. The van der Waals surface area contributed by atoms with Crippen molar-refractivity contribution in [1.82, 2.24) is 9.97 Å². The van der Waals surface area contributed by atoms with Crippen LogP contribution in [0.1, 0.15) is 5.56 Å². The lowest BCUT2D eigenvalue weighted by atomic mass is 10.1. The molecule has 1 heterocycles. The molecular formula is C11H8BrFN4O2. The zero-order chi connectivity index (χ0) is 14.0. The molecule has 0 unspecified atom stereocenters. The summed E-state index contributed by atoms with van der Waals surface area (Å²) in [5, 5.41) is 13.6. The fraction of sp³-hybridized carbons (Fsp3) is 0.0909. The van der Waals surface area contributed by atoms with Gasteiger partial charge < -0.3 is 5.32 Å². The van der Waals surface area contributed by atoms with E-state index in [9.17, 15) is 14.5 Å². The molecule has 1 N–H and O–H groups in total. The van der Waals surface area contributed by atoms with Gasteiger partial charge in [-0.1, -0.05) is 0 Å². The largest absolute Gasteiger partial charge is 0.318 e. The van der Waals surface area contributed by atoms with Crippen molar-refractivity contribution in [3.63, 3.8) is 0 Å². The minimum absolute atomic E-state index is 0.0484. The maximum atomic E-state index is 13.5. The fourth-order valence-corrected chi connectivity index (χ4v) is 1.68. The zero-order valence-electron chi connectivity index (χ0n) is 9.72. The second-order valence-electron chi connectivity index (χ2n) is 3.67. The van der Waals surface area contributed by atoms with Gasteiger partial charge in [0.1, 0.15) is 11.5 Å². The van der Waals surface area contributed by atoms with Crippen molar-refractivity contribution in [2.45, 2.75) is 6.92 Å². The monoisotopic (exact) mass is 326 g/mol. The van der Waals surface area contributed by atoms with E-state index in [1.165, 1.54) is 19.3 Å². The van der Waals surface area contributed by atoms with Crippen molar-refractivity contribution in [3.05, 3.63) is 50.5 Å². The van der Waals surface area contributed by atoms with Crippen LogP contribution in [0.15, 0.2) is 29.0 Å². The number of benzene rings is 1. The van der Waals surface area contributed by atoms with E-state index in [2.05, 4.69) is 31.2 Å². The van der Waals surface area contributed by atoms with Crippen LogP contribution in [0, 0.1) is 22.9 Å². The maximum Gasteiger partial charge on any atom is 0.293 e. The highest BCUT2D eigenvalue weighted by Crippen LogP contribution is 2.31. The molecule has 2 rings (SSSR count). The lowest BCUT2D eigenvalue weighted by molar-refractivity contribution is -0.384. The fourth-order valence-electron chi connectivity index (χ4n) is 1.47. The van der Waals surface area contributed by atoms with Gasteiger partial charge in [0.2, 0.25) is 5.95 Å². The van der Waals surface area contributed by atoms with Crippen molar-refractivity contribution in [2.24, 2.45) is 0 Å². The van der Waals surface area contributed by atoms with Crippen LogP contribution in [0.3, 0.4) is 0 Å². The van der Waals surface area contributed by atoms with Gasteiger partial charge in [0.05, 0.1) is 9.40 Å². The Morgan fingerprint density at radius 2 is 2.00 bits per heavy atom. The van der Waals surface area contributed by atoms with Crippen LogP contribution in [0.25, 0.3) is 0 Å². The quantitative estimate of drug-likeness (QED) is 0.691. The number of anilines is 2. The highest BCUT2D eigenvalue weighted by molar-refractivity contribution is 9.10. The molecule has 0 spiro atoms. The highest BCUT2D eigenvalue weighted by atomic mass is 79.9. The summed E-state index contributed by atoms with van der Waals surface area (Å²) in [6.07, 6.45) is 2.96. The number of halogens is 2. The van der Waals surface area contributed by atoms with Gasteiger partial charge in [0.15, 0.2) is 0 Å². The second kappa shape index (κ2) is 5.27. The Morgan fingerprint density at radius 1 is 1.37 bits per heavy atom. The van der Waals surface area contributed by atoms with E-state index in [1.54, 1.807) is 0 Å². The molecule has 19 heavy (non-hydrogen) atoms. The molecule has 8 heteroatoms. The average molecular weight is 327 g/mol. The first-order chi connectivity index (χ1) is 8.99. The summed E-state index contributed by atoms with van der Waals surface area (Å²) in [6.45, 7) is 1.45. The Kier molecular flexibility index (Phi) is 3.70. The molecule has 1 aromatic carbocycles. The summed E-state index contributed by atoms with van der Waals surface area (Å²) in [5.74, 6) is -0.384. The lowest BCUT2D eigenvalue weighted by Crippen LogP contribution is -2.03. The molecule has 1 aromatic heterocycles. The number of nitrogens with zero attached hydrogens (tertiary/aromatic N) is 3. The molecule has 98 valence electrons. The summed E-state index contributed by atoms with van der Waals surface area (Å²) in [6, 6.07) is 2.16. The van der Waals surface area contributed by atoms with Gasteiger partial charge in [-0.15, -0.1) is 0 Å². The second-order valence-corrected chi connectivity index (χ2v) is 4.59. The van der Waals surface area contributed by atoms with E-state index >= 15 is 0 Å². The molecular weight excluding hydrogens is 319 g/mol. The Balaban J connectivity index is 2.46. The van der Waals surface area contributed by atoms with Crippen molar-refractivity contribution in [3.8, 4) is 0 Å². The molecule has 0 aliphatic carbocycles. The summed E-state index contributed by atoms with van der Waals surface area (Å²) in [5.41, 5.74) is -0.0431. The molecule has 2 aromatic rings. The Hall–Kier alpha value is -2.09. The van der Waals surface area contributed by atoms with Crippen LogP contribution in [0.4, 0.5) is 21.7 Å². The van der Waals surface area contributed by atoms with Crippen LogP contribution >= 0.6 is 15.9 Å². The predicted molar refractivity (Wildman–Crippen MR) is 70.8 cm³/mol. The zero-order valence-corrected chi connectivity index (χ0v) is 11.3. The topological polar surface area (TPSA) is 81.0 Å². The number of rotatable bonds is 3. The smallest absolute Gasteiger partial charge is 0.293 e. The minimum Gasteiger partial charge on any atom is -0.318 e. The highest BCUT2D eigenvalue weighted by Gasteiger charge is 2.19. The van der Waals surface area contributed by atoms with Crippen molar-refractivity contribution < 1.29 is 9.31 Å². The van der Waals surface area contributed by atoms with Gasteiger partial charge in [-0.2, -0.15) is 0 Å². The Morgan fingerprint density at radius 3 is 2.58 bits per heavy atom. The number of hydrogen-bond acceptors (Lipinski definition) is 5. The van der Waals surface area contributed by atoms with E-state index in [0.29, 0.717) is 4.47 Å². The first-order valence-electron chi connectivity index (χ1n) is 5.17. The number of aromatic nitrogens is 2. The lowest BCUT2D eigenvalue weighted by Gasteiger charge is -2.09. The standard InChI is InChI=1S/C11H8BrFN4O2/c1-6-8(13)2-3-9(17(18)19)10(6)16-11-14-4-7(12)5-15-11/h2-5H,1H3,(H,14,15,16). The van der Waals surface area contributed by atoms with Gasteiger partial charge in [-0.05, 0) is 28.9 Å². The van der Waals surface area contributed by atoms with E-state index in [1.807, 2.05) is 0 Å².